The lowest BCUT2D eigenvalue weighted by atomic mass is 9.92. The van der Waals surface area contributed by atoms with Gasteiger partial charge < -0.3 is 5.11 Å². The van der Waals surface area contributed by atoms with E-state index in [4.69, 9.17) is 0 Å². The molecule has 0 saturated heterocycles. The molecule has 3 nitrogen and oxygen atoms in total. The summed E-state index contributed by atoms with van der Waals surface area (Å²) < 4.78 is 68.9. The third-order valence-corrected chi connectivity index (χ3v) is 4.40. The fourth-order valence-corrected chi connectivity index (χ4v) is 3.24. The van der Waals surface area contributed by atoms with Crippen molar-refractivity contribution < 1.29 is 27.1 Å². The summed E-state index contributed by atoms with van der Waals surface area (Å²) in [5, 5.41) is 13.6. The van der Waals surface area contributed by atoms with Crippen molar-refractivity contribution in [1.82, 2.24) is 9.78 Å². The third kappa shape index (κ3) is 1.98. The van der Waals surface area contributed by atoms with E-state index in [0.29, 0.717) is 0 Å². The van der Waals surface area contributed by atoms with Gasteiger partial charge in [-0.2, -0.15) is 13.9 Å². The number of aryl methyl sites for hydroxylation is 1. The molecule has 0 amide bonds. The predicted molar refractivity (Wildman–Crippen MR) is 63.4 cm³/mol. The average molecular weight is 310 g/mol. The van der Waals surface area contributed by atoms with Gasteiger partial charge in [0.1, 0.15) is 18.4 Å². The summed E-state index contributed by atoms with van der Waals surface area (Å²) in [5.74, 6) is -3.92. The summed E-state index contributed by atoms with van der Waals surface area (Å²) in [6, 6.07) is -0.672. The number of aromatic nitrogens is 2. The molecule has 1 N–H and O–H groups in total. The predicted octanol–water partition coefficient (Wildman–Crippen LogP) is 3.29. The Morgan fingerprint density at radius 3 is 2.48 bits per heavy atom. The lowest BCUT2D eigenvalue weighted by Crippen LogP contribution is -2.31. The monoisotopic (exact) mass is 310 g/mol. The first-order valence-electron chi connectivity index (χ1n) is 6.82. The maximum Gasteiger partial charge on any atom is 0.313 e. The highest BCUT2D eigenvalue weighted by Gasteiger charge is 2.59. The first kappa shape index (κ1) is 14.7. The van der Waals surface area contributed by atoms with Crippen LogP contribution in [0.2, 0.25) is 0 Å². The number of alkyl halides is 5. The van der Waals surface area contributed by atoms with E-state index in [-0.39, 0.29) is 30.5 Å². The number of halogens is 5. The van der Waals surface area contributed by atoms with Crippen LogP contribution in [-0.2, 0) is 0 Å². The standard InChI is InChI=1S/C13H15F5N2O/c1-5-9-10(11(16)13(17,18)12(9)21)20(19-5)6-2-3-7(14)8(15)4-6/h6-8,11-12,21H,2-4H2,1H3/t6?,7-,8+,11+,12-/m0/s1. The zero-order valence-corrected chi connectivity index (χ0v) is 11.2. The van der Waals surface area contributed by atoms with Crippen molar-refractivity contribution >= 4 is 0 Å². The Morgan fingerprint density at radius 2 is 1.86 bits per heavy atom. The quantitative estimate of drug-likeness (QED) is 0.808. The molecule has 5 atom stereocenters. The van der Waals surface area contributed by atoms with Crippen LogP contribution in [-0.4, -0.2) is 33.2 Å². The van der Waals surface area contributed by atoms with Gasteiger partial charge in [0, 0.05) is 12.0 Å². The van der Waals surface area contributed by atoms with Gasteiger partial charge in [0.15, 0.2) is 0 Å². The third-order valence-electron chi connectivity index (χ3n) is 4.40. The van der Waals surface area contributed by atoms with Crippen molar-refractivity contribution in [2.75, 3.05) is 0 Å². The zero-order valence-electron chi connectivity index (χ0n) is 11.2. The molecular formula is C13H15F5N2O. The van der Waals surface area contributed by atoms with Crippen LogP contribution in [0.25, 0.3) is 0 Å². The summed E-state index contributed by atoms with van der Waals surface area (Å²) >= 11 is 0. The van der Waals surface area contributed by atoms with Crippen LogP contribution in [0.3, 0.4) is 0 Å². The van der Waals surface area contributed by atoms with Crippen LogP contribution in [0.15, 0.2) is 0 Å². The molecule has 0 bridgehead atoms. The molecule has 21 heavy (non-hydrogen) atoms. The topological polar surface area (TPSA) is 38.0 Å². The van der Waals surface area contributed by atoms with Crippen molar-refractivity contribution in [3.63, 3.8) is 0 Å². The second-order valence-corrected chi connectivity index (χ2v) is 5.77. The minimum Gasteiger partial charge on any atom is -0.382 e. The maximum absolute atomic E-state index is 14.0. The first-order valence-corrected chi connectivity index (χ1v) is 6.82. The number of hydrogen-bond acceptors (Lipinski definition) is 2. The Bertz CT molecular complexity index is 561. The van der Waals surface area contributed by atoms with E-state index >= 15 is 0 Å². The Balaban J connectivity index is 2.00. The number of aliphatic hydroxyl groups excluding tert-OH is 1. The summed E-state index contributed by atoms with van der Waals surface area (Å²) in [6.07, 6.45) is -8.34. The highest BCUT2D eigenvalue weighted by Crippen LogP contribution is 2.54. The lowest BCUT2D eigenvalue weighted by Gasteiger charge is -2.29. The molecule has 1 fully saturated rings. The molecule has 0 spiro atoms. The van der Waals surface area contributed by atoms with Gasteiger partial charge in [0.05, 0.1) is 17.4 Å². The zero-order chi connectivity index (χ0) is 15.5. The molecule has 8 heteroatoms. The van der Waals surface area contributed by atoms with Crippen LogP contribution >= 0.6 is 0 Å². The molecule has 3 rings (SSSR count). The van der Waals surface area contributed by atoms with E-state index in [9.17, 15) is 27.1 Å². The Morgan fingerprint density at radius 1 is 1.19 bits per heavy atom. The molecule has 0 aliphatic heterocycles. The normalized spacial score (nSPS) is 38.5. The molecule has 1 aromatic rings. The Kier molecular flexibility index (Phi) is 3.27. The van der Waals surface area contributed by atoms with E-state index in [1.807, 2.05) is 0 Å². The van der Waals surface area contributed by atoms with Crippen LogP contribution in [0, 0.1) is 6.92 Å². The van der Waals surface area contributed by atoms with E-state index in [0.717, 1.165) is 4.68 Å². The Labute approximate surface area is 117 Å². The van der Waals surface area contributed by atoms with Gasteiger partial charge in [-0.3, -0.25) is 4.68 Å². The number of hydrogen-bond donors (Lipinski definition) is 1. The second-order valence-electron chi connectivity index (χ2n) is 5.77. The van der Waals surface area contributed by atoms with Crippen molar-refractivity contribution in [1.29, 1.82) is 0 Å². The van der Waals surface area contributed by atoms with Crippen molar-refractivity contribution in [3.8, 4) is 0 Å². The van der Waals surface area contributed by atoms with E-state index in [1.165, 1.54) is 6.92 Å². The van der Waals surface area contributed by atoms with Crippen molar-refractivity contribution in [2.24, 2.45) is 0 Å². The molecule has 1 unspecified atom stereocenters. The average Bonchev–Trinajstić information content (AvgIpc) is 2.84. The van der Waals surface area contributed by atoms with Gasteiger partial charge in [-0.15, -0.1) is 0 Å². The maximum atomic E-state index is 14.0. The SMILES string of the molecule is Cc1nn(C2CC[C@H](F)[C@H](F)C2)c2c1[C@H](O)C(F)(F)[C@@H]2F. The fraction of sp³-hybridized carbons (Fsp3) is 0.769. The van der Waals surface area contributed by atoms with E-state index in [2.05, 4.69) is 5.10 Å². The smallest absolute Gasteiger partial charge is 0.313 e. The summed E-state index contributed by atoms with van der Waals surface area (Å²) in [4.78, 5) is 0. The molecule has 2 aliphatic carbocycles. The molecule has 1 aromatic heterocycles. The first-order chi connectivity index (χ1) is 9.75. The van der Waals surface area contributed by atoms with E-state index in [1.54, 1.807) is 0 Å². The van der Waals surface area contributed by atoms with Crippen LogP contribution in [0.5, 0.6) is 0 Å². The summed E-state index contributed by atoms with van der Waals surface area (Å²) in [5.41, 5.74) is -0.542. The largest absolute Gasteiger partial charge is 0.382 e. The number of fused-ring (bicyclic) bond motifs is 1. The van der Waals surface area contributed by atoms with Crippen LogP contribution in [0.4, 0.5) is 22.0 Å². The molecular weight excluding hydrogens is 295 g/mol. The van der Waals surface area contributed by atoms with Crippen LogP contribution < -0.4 is 0 Å². The minimum absolute atomic E-state index is 0.0601. The number of rotatable bonds is 1. The molecule has 2 aliphatic rings. The number of nitrogens with zero attached hydrogens (tertiary/aromatic N) is 2. The van der Waals surface area contributed by atoms with Gasteiger partial charge in [-0.25, -0.2) is 13.2 Å². The summed E-state index contributed by atoms with van der Waals surface area (Å²) in [6.45, 7) is 1.39. The van der Waals surface area contributed by atoms with Gasteiger partial charge in [-0.1, -0.05) is 0 Å². The highest BCUT2D eigenvalue weighted by molar-refractivity contribution is 5.38. The second kappa shape index (κ2) is 4.66. The van der Waals surface area contributed by atoms with Gasteiger partial charge in [-0.05, 0) is 19.8 Å². The Hall–Kier alpha value is -1.18. The van der Waals surface area contributed by atoms with Gasteiger partial charge in [0.25, 0.3) is 0 Å². The number of aliphatic hydroxyl groups is 1. The molecule has 0 radical (unpaired) electrons. The molecule has 0 aromatic carbocycles. The van der Waals surface area contributed by atoms with Crippen molar-refractivity contribution in [2.45, 2.75) is 62.8 Å². The van der Waals surface area contributed by atoms with Gasteiger partial charge >= 0.3 is 5.92 Å². The van der Waals surface area contributed by atoms with Crippen LogP contribution in [0.1, 0.15) is 54.5 Å². The van der Waals surface area contributed by atoms with Gasteiger partial charge in [0.2, 0.25) is 6.17 Å². The molecule has 1 saturated carbocycles. The minimum atomic E-state index is -3.92. The molecule has 1 heterocycles. The molecule has 118 valence electrons. The van der Waals surface area contributed by atoms with E-state index < -0.39 is 42.3 Å². The summed E-state index contributed by atoms with van der Waals surface area (Å²) in [7, 11) is 0. The highest BCUT2D eigenvalue weighted by atomic mass is 19.3. The fourth-order valence-electron chi connectivity index (χ4n) is 3.24. The lowest BCUT2D eigenvalue weighted by molar-refractivity contribution is -0.145. The van der Waals surface area contributed by atoms with Crippen molar-refractivity contribution in [3.05, 3.63) is 17.0 Å².